The number of alkyl halides is 3. The third kappa shape index (κ3) is 5.27. The molecule has 0 atom stereocenters. The zero-order valence-electron chi connectivity index (χ0n) is 12.3. The van der Waals surface area contributed by atoms with Crippen molar-refractivity contribution in [2.45, 2.75) is 6.36 Å². The smallest absolute Gasteiger partial charge is 0.494 e. The van der Waals surface area contributed by atoms with Gasteiger partial charge in [-0.25, -0.2) is 4.39 Å². The van der Waals surface area contributed by atoms with E-state index >= 15 is 0 Å². The van der Waals surface area contributed by atoms with Crippen molar-refractivity contribution in [2.24, 2.45) is 0 Å². The van der Waals surface area contributed by atoms with Gasteiger partial charge in [-0.15, -0.1) is 13.2 Å². The van der Waals surface area contributed by atoms with Crippen LogP contribution in [0.15, 0.2) is 42.5 Å². The summed E-state index contributed by atoms with van der Waals surface area (Å²) in [5.74, 6) is -0.803. The molecule has 0 heterocycles. The first kappa shape index (κ1) is 17.8. The number of ether oxygens (including phenoxy) is 2. The fourth-order valence-corrected chi connectivity index (χ4v) is 2.01. The fourth-order valence-electron chi connectivity index (χ4n) is 1.78. The highest BCUT2D eigenvalue weighted by molar-refractivity contribution is 7.80. The number of anilines is 2. The lowest BCUT2D eigenvalue weighted by Crippen LogP contribution is -2.19. The normalized spacial score (nSPS) is 10.9. The van der Waals surface area contributed by atoms with E-state index in [9.17, 15) is 17.6 Å². The summed E-state index contributed by atoms with van der Waals surface area (Å²) in [4.78, 5) is 0. The Labute approximate surface area is 140 Å². The maximum atomic E-state index is 13.6. The van der Waals surface area contributed by atoms with Gasteiger partial charge in [0, 0.05) is 17.4 Å². The average Bonchev–Trinajstić information content (AvgIpc) is 2.48. The van der Waals surface area contributed by atoms with E-state index in [4.69, 9.17) is 17.0 Å². The summed E-state index contributed by atoms with van der Waals surface area (Å²) in [5.41, 5.74) is 0.832. The Balaban J connectivity index is 1.96. The summed E-state index contributed by atoms with van der Waals surface area (Å²) in [6.07, 6.45) is -4.75. The van der Waals surface area contributed by atoms with Crippen LogP contribution in [0.2, 0.25) is 0 Å². The summed E-state index contributed by atoms with van der Waals surface area (Å²) < 4.78 is 58.4. The number of rotatable bonds is 4. The van der Waals surface area contributed by atoms with E-state index < -0.39 is 12.2 Å². The number of halogens is 4. The SMILES string of the molecule is COc1ccc(NC(=S)Nc2ccc(OC(F)(F)F)cc2)cc1F. The first-order chi connectivity index (χ1) is 11.3. The van der Waals surface area contributed by atoms with Crippen molar-refractivity contribution in [1.29, 1.82) is 0 Å². The number of benzene rings is 2. The first-order valence-corrected chi connectivity index (χ1v) is 6.95. The summed E-state index contributed by atoms with van der Waals surface area (Å²) in [6, 6.07) is 9.22. The first-order valence-electron chi connectivity index (χ1n) is 6.54. The number of hydrogen-bond acceptors (Lipinski definition) is 3. The lowest BCUT2D eigenvalue weighted by atomic mass is 10.3. The molecule has 0 radical (unpaired) electrons. The molecule has 0 aliphatic rings. The number of nitrogens with one attached hydrogen (secondary N) is 2. The van der Waals surface area contributed by atoms with E-state index in [-0.39, 0.29) is 16.6 Å². The molecule has 0 amide bonds. The quantitative estimate of drug-likeness (QED) is 0.619. The monoisotopic (exact) mass is 360 g/mol. The zero-order chi connectivity index (χ0) is 17.7. The topological polar surface area (TPSA) is 42.5 Å². The summed E-state index contributed by atoms with van der Waals surface area (Å²) >= 11 is 5.06. The molecule has 128 valence electrons. The predicted molar refractivity (Wildman–Crippen MR) is 85.9 cm³/mol. The van der Waals surface area contributed by atoms with E-state index in [1.165, 1.54) is 31.4 Å². The van der Waals surface area contributed by atoms with Gasteiger partial charge in [0.25, 0.3) is 0 Å². The second-order valence-corrected chi connectivity index (χ2v) is 4.91. The minimum atomic E-state index is -4.75. The van der Waals surface area contributed by atoms with Gasteiger partial charge in [-0.1, -0.05) is 0 Å². The molecule has 2 rings (SSSR count). The summed E-state index contributed by atoms with van der Waals surface area (Å²) in [6.45, 7) is 0. The van der Waals surface area contributed by atoms with Crippen molar-refractivity contribution >= 4 is 28.7 Å². The molecule has 0 saturated heterocycles. The lowest BCUT2D eigenvalue weighted by Gasteiger charge is -2.12. The summed E-state index contributed by atoms with van der Waals surface area (Å²) in [7, 11) is 1.35. The Morgan fingerprint density at radius 1 is 1.00 bits per heavy atom. The fraction of sp³-hybridized carbons (Fsp3) is 0.133. The van der Waals surface area contributed by atoms with Crippen LogP contribution in [0.1, 0.15) is 0 Å². The van der Waals surface area contributed by atoms with Crippen LogP contribution in [0.4, 0.5) is 28.9 Å². The van der Waals surface area contributed by atoms with Gasteiger partial charge >= 0.3 is 6.36 Å². The van der Waals surface area contributed by atoms with Crippen molar-refractivity contribution < 1.29 is 27.0 Å². The van der Waals surface area contributed by atoms with Crippen molar-refractivity contribution in [3.05, 3.63) is 48.3 Å². The van der Waals surface area contributed by atoms with Gasteiger partial charge in [0.1, 0.15) is 5.75 Å². The zero-order valence-corrected chi connectivity index (χ0v) is 13.1. The molecule has 0 saturated carbocycles. The number of methoxy groups -OCH3 is 1. The van der Waals surface area contributed by atoms with Crippen molar-refractivity contribution in [3.63, 3.8) is 0 Å². The maximum Gasteiger partial charge on any atom is 0.573 e. The molecule has 9 heteroatoms. The minimum Gasteiger partial charge on any atom is -0.494 e. The van der Waals surface area contributed by atoms with Gasteiger partial charge in [-0.2, -0.15) is 0 Å². The highest BCUT2D eigenvalue weighted by Crippen LogP contribution is 2.24. The maximum absolute atomic E-state index is 13.6. The van der Waals surface area contributed by atoms with E-state index in [0.29, 0.717) is 11.4 Å². The van der Waals surface area contributed by atoms with Crippen LogP contribution in [-0.2, 0) is 0 Å². The van der Waals surface area contributed by atoms with Crippen molar-refractivity contribution in [2.75, 3.05) is 17.7 Å². The Hall–Kier alpha value is -2.55. The van der Waals surface area contributed by atoms with Crippen LogP contribution >= 0.6 is 12.2 Å². The molecule has 0 aliphatic carbocycles. The van der Waals surface area contributed by atoms with Gasteiger partial charge in [-0.3, -0.25) is 0 Å². The van der Waals surface area contributed by atoms with E-state index in [0.717, 1.165) is 12.1 Å². The highest BCUT2D eigenvalue weighted by Gasteiger charge is 2.30. The predicted octanol–water partition coefficient (Wildman–Crippen LogP) is 4.54. The molecule has 2 aromatic carbocycles. The molecular formula is C15H12F4N2O2S. The molecule has 0 spiro atoms. The standard InChI is InChI=1S/C15H12F4N2O2S/c1-22-13-7-4-10(8-12(13)16)21-14(24)20-9-2-5-11(6-3-9)23-15(17,18)19/h2-8H,1H3,(H2,20,21,24). The molecule has 24 heavy (non-hydrogen) atoms. The molecule has 2 N–H and O–H groups in total. The van der Waals surface area contributed by atoms with Crippen molar-refractivity contribution in [1.82, 2.24) is 0 Å². The molecule has 0 bridgehead atoms. The number of thiocarbonyl (C=S) groups is 1. The van der Waals surface area contributed by atoms with Gasteiger partial charge in [-0.05, 0) is 48.6 Å². The third-order valence-corrected chi connectivity index (χ3v) is 2.96. The van der Waals surface area contributed by atoms with Crippen LogP contribution in [0.25, 0.3) is 0 Å². The molecule has 0 aromatic heterocycles. The lowest BCUT2D eigenvalue weighted by molar-refractivity contribution is -0.274. The Morgan fingerprint density at radius 2 is 1.58 bits per heavy atom. The van der Waals surface area contributed by atoms with E-state index in [1.54, 1.807) is 6.07 Å². The van der Waals surface area contributed by atoms with Crippen LogP contribution in [0, 0.1) is 5.82 Å². The average molecular weight is 360 g/mol. The second kappa shape index (κ2) is 7.35. The third-order valence-electron chi connectivity index (χ3n) is 2.76. The van der Waals surface area contributed by atoms with Crippen LogP contribution in [-0.4, -0.2) is 18.6 Å². The molecule has 0 fully saturated rings. The molecule has 0 unspecified atom stereocenters. The largest absolute Gasteiger partial charge is 0.573 e. The van der Waals surface area contributed by atoms with Gasteiger partial charge in [0.2, 0.25) is 0 Å². The minimum absolute atomic E-state index is 0.0969. The van der Waals surface area contributed by atoms with Gasteiger partial charge in [0.15, 0.2) is 16.7 Å². The number of hydrogen-bond donors (Lipinski definition) is 2. The van der Waals surface area contributed by atoms with Gasteiger partial charge in [0.05, 0.1) is 7.11 Å². The van der Waals surface area contributed by atoms with Gasteiger partial charge < -0.3 is 20.1 Å². The van der Waals surface area contributed by atoms with Crippen LogP contribution < -0.4 is 20.1 Å². The molecule has 4 nitrogen and oxygen atoms in total. The molecule has 2 aromatic rings. The van der Waals surface area contributed by atoms with Crippen LogP contribution in [0.5, 0.6) is 11.5 Å². The molecule has 0 aliphatic heterocycles. The second-order valence-electron chi connectivity index (χ2n) is 4.50. The van der Waals surface area contributed by atoms with E-state index in [1.807, 2.05) is 0 Å². The van der Waals surface area contributed by atoms with E-state index in [2.05, 4.69) is 15.4 Å². The highest BCUT2D eigenvalue weighted by atomic mass is 32.1. The van der Waals surface area contributed by atoms with Crippen molar-refractivity contribution in [3.8, 4) is 11.5 Å². The van der Waals surface area contributed by atoms with Crippen LogP contribution in [0.3, 0.4) is 0 Å². The Morgan fingerprint density at radius 3 is 2.12 bits per heavy atom. The Kier molecular flexibility index (Phi) is 5.45. The molecular weight excluding hydrogens is 348 g/mol. The Bertz CT molecular complexity index is 720. The summed E-state index contributed by atoms with van der Waals surface area (Å²) in [5, 5.41) is 5.65.